The Morgan fingerprint density at radius 3 is 3.13 bits per heavy atom. The number of hydrogen-bond acceptors (Lipinski definition) is 3. The van der Waals surface area contributed by atoms with Crippen LogP contribution in [0, 0.1) is 11.8 Å². The van der Waals surface area contributed by atoms with E-state index < -0.39 is 6.09 Å². The minimum absolute atomic E-state index is 0.247. The summed E-state index contributed by atoms with van der Waals surface area (Å²) in [5.41, 5.74) is 5.26. The smallest absolute Gasteiger partial charge is 0.408 e. The maximum absolute atomic E-state index is 11.2. The van der Waals surface area contributed by atoms with Gasteiger partial charge in [0.1, 0.15) is 0 Å². The third-order valence-electron chi connectivity index (χ3n) is 2.19. The Balaban J connectivity index is 2.31. The van der Waals surface area contributed by atoms with E-state index in [4.69, 9.17) is 10.5 Å². The molecule has 1 rings (SSSR count). The van der Waals surface area contributed by atoms with Crippen molar-refractivity contribution in [1.82, 2.24) is 5.32 Å². The summed E-state index contributed by atoms with van der Waals surface area (Å²) in [5, 5.41) is 2.56. The number of ether oxygens (including phenoxy) is 1. The largest absolute Gasteiger partial charge is 0.433 e. The van der Waals surface area contributed by atoms with E-state index in [9.17, 15) is 4.79 Å². The maximum atomic E-state index is 11.2. The molecule has 1 aliphatic carbocycles. The minimum atomic E-state index is -0.416. The molecule has 4 heteroatoms. The van der Waals surface area contributed by atoms with Gasteiger partial charge in [-0.25, -0.2) is 4.79 Å². The van der Waals surface area contributed by atoms with E-state index in [0.717, 1.165) is 25.7 Å². The third-order valence-corrected chi connectivity index (χ3v) is 2.19. The molecule has 0 spiro atoms. The molecule has 4 nitrogen and oxygen atoms in total. The van der Waals surface area contributed by atoms with Crippen LogP contribution in [0.15, 0.2) is 0 Å². The summed E-state index contributed by atoms with van der Waals surface area (Å²) in [6, 6.07) is 0. The Bertz CT molecular complexity index is 255. The molecule has 0 aromatic rings. The molecule has 1 atom stereocenters. The van der Waals surface area contributed by atoms with Gasteiger partial charge in [0.25, 0.3) is 0 Å². The van der Waals surface area contributed by atoms with Crippen LogP contribution in [0.4, 0.5) is 4.79 Å². The highest BCUT2D eigenvalue weighted by Crippen LogP contribution is 2.10. The fraction of sp³-hybridized carbons (Fsp3) is 0.727. The highest BCUT2D eigenvalue weighted by molar-refractivity contribution is 5.67. The zero-order valence-corrected chi connectivity index (χ0v) is 8.92. The van der Waals surface area contributed by atoms with Gasteiger partial charge in [-0.3, -0.25) is 0 Å². The number of alkyl carbamates (subject to hydrolysis) is 1. The molecule has 0 aromatic heterocycles. The first kappa shape index (κ1) is 11.9. The molecule has 0 aromatic carbocycles. The molecule has 0 saturated carbocycles. The monoisotopic (exact) mass is 210 g/mol. The van der Waals surface area contributed by atoms with E-state index >= 15 is 0 Å². The van der Waals surface area contributed by atoms with Crippen LogP contribution in [0.1, 0.15) is 32.1 Å². The second-order valence-electron chi connectivity index (χ2n) is 3.53. The second kappa shape index (κ2) is 7.13. The van der Waals surface area contributed by atoms with E-state index in [1.54, 1.807) is 0 Å². The highest BCUT2D eigenvalue weighted by Gasteiger charge is 2.11. The van der Waals surface area contributed by atoms with Gasteiger partial charge in [0, 0.05) is 19.5 Å². The van der Waals surface area contributed by atoms with Gasteiger partial charge in [0.15, 0.2) is 6.10 Å². The minimum Gasteiger partial charge on any atom is -0.433 e. The Morgan fingerprint density at radius 1 is 1.47 bits per heavy atom. The first-order chi connectivity index (χ1) is 7.33. The molecule has 1 aliphatic rings. The molecule has 0 radical (unpaired) electrons. The summed E-state index contributed by atoms with van der Waals surface area (Å²) in [7, 11) is 0. The predicted octanol–water partition coefficient (Wildman–Crippen LogP) is 1.01. The van der Waals surface area contributed by atoms with Gasteiger partial charge in [-0.15, -0.1) is 0 Å². The van der Waals surface area contributed by atoms with Gasteiger partial charge in [-0.1, -0.05) is 18.3 Å². The van der Waals surface area contributed by atoms with Crippen LogP contribution in [0.5, 0.6) is 0 Å². The molecule has 15 heavy (non-hydrogen) atoms. The standard InChI is InChI=1S/C11H18N2O2/c12-8-9-13-11(14)15-10-6-4-2-1-3-5-7-10/h10H,1-4,6,8-9,12H2,(H,13,14). The average molecular weight is 210 g/mol. The van der Waals surface area contributed by atoms with Gasteiger partial charge in [-0.2, -0.15) is 0 Å². The molecule has 1 unspecified atom stereocenters. The normalized spacial score (nSPS) is 20.5. The van der Waals surface area contributed by atoms with Gasteiger partial charge >= 0.3 is 6.09 Å². The molecular formula is C11H18N2O2. The number of nitrogens with two attached hydrogens (primary N) is 1. The van der Waals surface area contributed by atoms with E-state index in [-0.39, 0.29) is 6.10 Å². The van der Waals surface area contributed by atoms with Crippen LogP contribution in [-0.2, 0) is 4.74 Å². The van der Waals surface area contributed by atoms with Gasteiger partial charge < -0.3 is 15.8 Å². The average Bonchev–Trinajstić information content (AvgIpc) is 2.19. The molecule has 0 bridgehead atoms. The van der Waals surface area contributed by atoms with Crippen molar-refractivity contribution in [3.63, 3.8) is 0 Å². The summed E-state index contributed by atoms with van der Waals surface area (Å²) < 4.78 is 5.15. The van der Waals surface area contributed by atoms with Crippen molar-refractivity contribution >= 4 is 6.09 Å². The van der Waals surface area contributed by atoms with Gasteiger partial charge in [0.2, 0.25) is 0 Å². The molecule has 0 heterocycles. The fourth-order valence-electron chi connectivity index (χ4n) is 1.41. The van der Waals surface area contributed by atoms with Crippen molar-refractivity contribution in [2.24, 2.45) is 5.73 Å². The predicted molar refractivity (Wildman–Crippen MR) is 58.2 cm³/mol. The second-order valence-corrected chi connectivity index (χ2v) is 3.53. The number of rotatable bonds is 3. The summed E-state index contributed by atoms with van der Waals surface area (Å²) in [4.78, 5) is 11.2. The van der Waals surface area contributed by atoms with Gasteiger partial charge in [-0.05, 0) is 19.3 Å². The molecule has 1 amide bonds. The first-order valence-electron chi connectivity index (χ1n) is 5.46. The first-order valence-corrected chi connectivity index (χ1v) is 5.46. The number of hydrogen-bond donors (Lipinski definition) is 2. The van der Waals surface area contributed by atoms with Crippen molar-refractivity contribution in [1.29, 1.82) is 0 Å². The third kappa shape index (κ3) is 5.28. The molecule has 0 saturated heterocycles. The van der Waals surface area contributed by atoms with Crippen molar-refractivity contribution in [3.05, 3.63) is 0 Å². The number of carbonyl (C=O) groups is 1. The zero-order valence-electron chi connectivity index (χ0n) is 8.92. The lowest BCUT2D eigenvalue weighted by atomic mass is 10.1. The van der Waals surface area contributed by atoms with Crippen LogP contribution in [0.3, 0.4) is 0 Å². The van der Waals surface area contributed by atoms with Crippen molar-refractivity contribution < 1.29 is 9.53 Å². The summed E-state index contributed by atoms with van der Waals surface area (Å²) in [6.07, 6.45) is 4.47. The van der Waals surface area contributed by atoms with Crippen LogP contribution in [0.2, 0.25) is 0 Å². The lowest BCUT2D eigenvalue weighted by Gasteiger charge is -2.14. The Morgan fingerprint density at radius 2 is 2.33 bits per heavy atom. The van der Waals surface area contributed by atoms with E-state index in [0.29, 0.717) is 13.1 Å². The Hall–Kier alpha value is -1.21. The lowest BCUT2D eigenvalue weighted by molar-refractivity contribution is 0.118. The van der Waals surface area contributed by atoms with Crippen molar-refractivity contribution in [2.75, 3.05) is 13.1 Å². The summed E-state index contributed by atoms with van der Waals surface area (Å²) in [5.74, 6) is 5.98. The van der Waals surface area contributed by atoms with E-state index in [2.05, 4.69) is 17.2 Å². The SMILES string of the molecule is NCCNC(=O)OC1C#CCCCCC1. The van der Waals surface area contributed by atoms with Crippen molar-refractivity contribution in [2.45, 2.75) is 38.2 Å². The lowest BCUT2D eigenvalue weighted by Crippen LogP contribution is -2.32. The Kier molecular flexibility index (Phi) is 5.64. The number of carbonyl (C=O) groups excluding carboxylic acids is 1. The maximum Gasteiger partial charge on any atom is 0.408 e. The van der Waals surface area contributed by atoms with Crippen LogP contribution in [-0.4, -0.2) is 25.3 Å². The fourth-order valence-corrected chi connectivity index (χ4v) is 1.41. The van der Waals surface area contributed by atoms with Crippen LogP contribution < -0.4 is 11.1 Å². The molecular weight excluding hydrogens is 192 g/mol. The highest BCUT2D eigenvalue weighted by atomic mass is 16.6. The van der Waals surface area contributed by atoms with E-state index in [1.807, 2.05) is 0 Å². The Labute approximate surface area is 90.5 Å². The topological polar surface area (TPSA) is 64.3 Å². The van der Waals surface area contributed by atoms with Crippen LogP contribution in [0.25, 0.3) is 0 Å². The summed E-state index contributed by atoms with van der Waals surface area (Å²) in [6.45, 7) is 0.866. The van der Waals surface area contributed by atoms with Gasteiger partial charge in [0.05, 0.1) is 0 Å². The molecule has 0 aliphatic heterocycles. The van der Waals surface area contributed by atoms with Crippen LogP contribution >= 0.6 is 0 Å². The molecule has 84 valence electrons. The zero-order chi connectivity index (χ0) is 10.9. The number of amides is 1. The molecule has 0 fully saturated rings. The summed E-state index contributed by atoms with van der Waals surface area (Å²) >= 11 is 0. The van der Waals surface area contributed by atoms with E-state index in [1.165, 1.54) is 6.42 Å². The number of nitrogens with one attached hydrogen (secondary N) is 1. The molecule has 3 N–H and O–H groups in total. The van der Waals surface area contributed by atoms with Crippen molar-refractivity contribution in [3.8, 4) is 11.8 Å². The quantitative estimate of drug-likeness (QED) is 0.683.